The summed E-state index contributed by atoms with van der Waals surface area (Å²) in [5.41, 5.74) is 1.95. The molecule has 0 aliphatic heterocycles. The van der Waals surface area contributed by atoms with Gasteiger partial charge in [-0.25, -0.2) is 0 Å². The highest BCUT2D eigenvalue weighted by Crippen LogP contribution is 2.23. The molecule has 0 saturated heterocycles. The van der Waals surface area contributed by atoms with Crippen LogP contribution in [-0.2, 0) is 4.79 Å². The van der Waals surface area contributed by atoms with Crippen LogP contribution in [0.2, 0.25) is 0 Å². The third-order valence-electron chi connectivity index (χ3n) is 2.06. The van der Waals surface area contributed by atoms with Crippen LogP contribution >= 0.6 is 11.6 Å². The van der Waals surface area contributed by atoms with Crippen LogP contribution in [0, 0.1) is 0 Å². The van der Waals surface area contributed by atoms with Gasteiger partial charge in [-0.05, 0) is 24.6 Å². The minimum Gasteiger partial charge on any atom is -0.378 e. The molecule has 0 fully saturated rings. The molecule has 0 saturated carbocycles. The molecule has 1 aromatic rings. The second-order valence-electron chi connectivity index (χ2n) is 3.46. The van der Waals surface area contributed by atoms with Gasteiger partial charge in [-0.15, -0.1) is 11.6 Å². The first-order valence-electron chi connectivity index (χ1n) is 4.44. The Bertz CT molecular complexity index is 319. The molecule has 1 atom stereocenters. The van der Waals surface area contributed by atoms with E-state index in [-0.39, 0.29) is 5.78 Å². The van der Waals surface area contributed by atoms with Gasteiger partial charge < -0.3 is 4.90 Å². The number of benzene rings is 1. The van der Waals surface area contributed by atoms with Gasteiger partial charge in [-0.1, -0.05) is 12.1 Å². The summed E-state index contributed by atoms with van der Waals surface area (Å²) in [7, 11) is 3.94. The molecule has 0 N–H and O–H groups in total. The smallest absolute Gasteiger partial charge is 0.152 e. The Morgan fingerprint density at radius 3 is 2.14 bits per heavy atom. The van der Waals surface area contributed by atoms with Crippen LogP contribution in [-0.4, -0.2) is 19.9 Å². The van der Waals surface area contributed by atoms with E-state index in [2.05, 4.69) is 0 Å². The molecule has 0 bridgehead atoms. The van der Waals surface area contributed by atoms with E-state index in [0.29, 0.717) is 0 Å². The standard InChI is InChI=1S/C11H14ClNO/c1-8(14)11(12)9-4-6-10(7-5-9)13(2)3/h4-7,11H,1-3H3. The van der Waals surface area contributed by atoms with Gasteiger partial charge >= 0.3 is 0 Å². The number of carbonyl (C=O) groups is 1. The van der Waals surface area contributed by atoms with E-state index in [1.807, 2.05) is 43.3 Å². The molecule has 0 radical (unpaired) electrons. The number of anilines is 1. The van der Waals surface area contributed by atoms with Crippen molar-refractivity contribution in [1.82, 2.24) is 0 Å². The largest absolute Gasteiger partial charge is 0.378 e. The van der Waals surface area contributed by atoms with Crippen molar-refractivity contribution >= 4 is 23.1 Å². The molecule has 0 heterocycles. The van der Waals surface area contributed by atoms with E-state index >= 15 is 0 Å². The van der Waals surface area contributed by atoms with Crippen LogP contribution in [0.15, 0.2) is 24.3 Å². The van der Waals surface area contributed by atoms with Gasteiger partial charge in [0.05, 0.1) is 0 Å². The number of alkyl halides is 1. The third kappa shape index (κ3) is 2.48. The van der Waals surface area contributed by atoms with E-state index in [9.17, 15) is 4.79 Å². The van der Waals surface area contributed by atoms with Crippen LogP contribution in [0.3, 0.4) is 0 Å². The Balaban J connectivity index is 2.88. The normalized spacial score (nSPS) is 12.3. The second-order valence-corrected chi connectivity index (χ2v) is 3.90. The number of ketones is 1. The molecule has 0 spiro atoms. The first-order chi connectivity index (χ1) is 6.52. The zero-order valence-corrected chi connectivity index (χ0v) is 9.38. The van der Waals surface area contributed by atoms with Crippen molar-refractivity contribution in [2.24, 2.45) is 0 Å². The molecular weight excluding hydrogens is 198 g/mol. The monoisotopic (exact) mass is 211 g/mol. The van der Waals surface area contributed by atoms with Crippen LogP contribution in [0.4, 0.5) is 5.69 Å². The number of rotatable bonds is 3. The van der Waals surface area contributed by atoms with E-state index < -0.39 is 5.38 Å². The van der Waals surface area contributed by atoms with Crippen molar-refractivity contribution in [1.29, 1.82) is 0 Å². The summed E-state index contributed by atoms with van der Waals surface area (Å²) in [6.45, 7) is 1.50. The number of Topliss-reactive ketones (excluding diaryl/α,β-unsaturated/α-hetero) is 1. The molecule has 2 nitrogen and oxygen atoms in total. The first-order valence-corrected chi connectivity index (χ1v) is 4.88. The lowest BCUT2D eigenvalue weighted by atomic mass is 10.1. The van der Waals surface area contributed by atoms with E-state index in [0.717, 1.165) is 11.3 Å². The highest BCUT2D eigenvalue weighted by Gasteiger charge is 2.12. The summed E-state index contributed by atoms with van der Waals surface area (Å²) in [4.78, 5) is 13.0. The van der Waals surface area contributed by atoms with Gasteiger partial charge in [0.1, 0.15) is 5.38 Å². The fourth-order valence-electron chi connectivity index (χ4n) is 1.18. The van der Waals surface area contributed by atoms with Gasteiger partial charge in [0, 0.05) is 19.8 Å². The maximum atomic E-state index is 11.0. The quantitative estimate of drug-likeness (QED) is 0.717. The topological polar surface area (TPSA) is 20.3 Å². The Kier molecular flexibility index (Phi) is 3.53. The van der Waals surface area contributed by atoms with E-state index in [1.54, 1.807) is 0 Å². The summed E-state index contributed by atoms with van der Waals surface area (Å²) in [5.74, 6) is -0.0238. The zero-order valence-electron chi connectivity index (χ0n) is 8.62. The minimum absolute atomic E-state index is 0.0238. The highest BCUT2D eigenvalue weighted by molar-refractivity contribution is 6.30. The van der Waals surface area contributed by atoms with Crippen LogP contribution < -0.4 is 4.90 Å². The summed E-state index contributed by atoms with van der Waals surface area (Å²) in [6.07, 6.45) is 0. The maximum absolute atomic E-state index is 11.0. The molecule has 0 amide bonds. The fraction of sp³-hybridized carbons (Fsp3) is 0.364. The maximum Gasteiger partial charge on any atom is 0.152 e. The molecule has 0 aliphatic rings. The van der Waals surface area contributed by atoms with Gasteiger partial charge in [0.2, 0.25) is 0 Å². The predicted octanol–water partition coefficient (Wildman–Crippen LogP) is 2.62. The molecule has 1 unspecified atom stereocenters. The lowest BCUT2D eigenvalue weighted by Crippen LogP contribution is -2.08. The van der Waals surface area contributed by atoms with E-state index in [4.69, 9.17) is 11.6 Å². The minimum atomic E-state index is -0.522. The van der Waals surface area contributed by atoms with Crippen LogP contribution in [0.25, 0.3) is 0 Å². The van der Waals surface area contributed by atoms with Crippen molar-refractivity contribution in [3.8, 4) is 0 Å². The molecule has 76 valence electrons. The molecule has 0 aromatic heterocycles. The lowest BCUT2D eigenvalue weighted by Gasteiger charge is -2.13. The van der Waals surface area contributed by atoms with E-state index in [1.165, 1.54) is 6.92 Å². The zero-order chi connectivity index (χ0) is 10.7. The van der Waals surface area contributed by atoms with Crippen LogP contribution in [0.1, 0.15) is 17.9 Å². The Labute approximate surface area is 89.5 Å². The molecule has 1 aromatic carbocycles. The fourth-order valence-corrected chi connectivity index (χ4v) is 1.32. The highest BCUT2D eigenvalue weighted by atomic mass is 35.5. The Hall–Kier alpha value is -1.02. The third-order valence-corrected chi connectivity index (χ3v) is 2.62. The summed E-state index contributed by atoms with van der Waals surface area (Å²) < 4.78 is 0. The summed E-state index contributed by atoms with van der Waals surface area (Å²) in [6, 6.07) is 7.67. The van der Waals surface area contributed by atoms with Crippen molar-refractivity contribution in [3.63, 3.8) is 0 Å². The molecule has 3 heteroatoms. The number of hydrogen-bond acceptors (Lipinski definition) is 2. The van der Waals surface area contributed by atoms with Crippen molar-refractivity contribution in [2.75, 3.05) is 19.0 Å². The molecule has 14 heavy (non-hydrogen) atoms. The number of carbonyl (C=O) groups excluding carboxylic acids is 1. The number of halogens is 1. The SMILES string of the molecule is CC(=O)C(Cl)c1ccc(N(C)C)cc1. The second kappa shape index (κ2) is 4.47. The predicted molar refractivity (Wildman–Crippen MR) is 60.0 cm³/mol. The number of nitrogens with zero attached hydrogens (tertiary/aromatic N) is 1. The van der Waals surface area contributed by atoms with Gasteiger partial charge in [0.25, 0.3) is 0 Å². The van der Waals surface area contributed by atoms with Crippen molar-refractivity contribution < 1.29 is 4.79 Å². The van der Waals surface area contributed by atoms with Crippen LogP contribution in [0.5, 0.6) is 0 Å². The lowest BCUT2D eigenvalue weighted by molar-refractivity contribution is -0.116. The Morgan fingerprint density at radius 2 is 1.79 bits per heavy atom. The molecule has 1 rings (SSSR count). The number of hydrogen-bond donors (Lipinski definition) is 0. The summed E-state index contributed by atoms with van der Waals surface area (Å²) >= 11 is 5.91. The Morgan fingerprint density at radius 1 is 1.29 bits per heavy atom. The van der Waals surface area contributed by atoms with Crippen molar-refractivity contribution in [2.45, 2.75) is 12.3 Å². The van der Waals surface area contributed by atoms with Gasteiger partial charge in [0.15, 0.2) is 5.78 Å². The van der Waals surface area contributed by atoms with Gasteiger partial charge in [-0.3, -0.25) is 4.79 Å². The molecular formula is C11H14ClNO. The molecule has 0 aliphatic carbocycles. The first kappa shape index (κ1) is 11.1. The average Bonchev–Trinajstić information content (AvgIpc) is 2.16. The van der Waals surface area contributed by atoms with Gasteiger partial charge in [-0.2, -0.15) is 0 Å². The average molecular weight is 212 g/mol. The van der Waals surface area contributed by atoms with Crippen molar-refractivity contribution in [3.05, 3.63) is 29.8 Å². The summed E-state index contributed by atoms with van der Waals surface area (Å²) in [5, 5.41) is -0.522.